The highest BCUT2D eigenvalue weighted by atomic mass is 35.5. The molecule has 0 spiro atoms. The van der Waals surface area contributed by atoms with E-state index in [-0.39, 0.29) is 0 Å². The fraction of sp³-hybridized carbons (Fsp3) is 0.444. The Hall–Kier alpha value is -2.49. The van der Waals surface area contributed by atoms with E-state index >= 15 is 0 Å². The molecule has 2 rings (SSSR count). The quantitative estimate of drug-likeness (QED) is 0.598. The number of nitrogens with one attached hydrogen (secondary N) is 1. The maximum Gasteiger partial charge on any atom is 0.283 e. The topological polar surface area (TPSA) is 65.4 Å². The Morgan fingerprint density at radius 3 is 2.31 bits per heavy atom. The number of benzene rings is 1. The van der Waals surface area contributed by atoms with Gasteiger partial charge in [0.05, 0.1) is 25.3 Å². The summed E-state index contributed by atoms with van der Waals surface area (Å²) in [6.07, 6.45) is -6.34. The molecule has 29 heavy (non-hydrogen) atoms. The Labute approximate surface area is 169 Å². The van der Waals surface area contributed by atoms with Crippen molar-refractivity contribution in [2.75, 3.05) is 14.2 Å². The third-order valence-electron chi connectivity index (χ3n) is 4.33. The Morgan fingerprint density at radius 1 is 1.14 bits per heavy atom. The molecule has 2 unspecified atom stereocenters. The van der Waals surface area contributed by atoms with Crippen LogP contribution in [0.4, 0.5) is 17.6 Å². The number of carbonyl (C=O) groups excluding carboxylic acids is 1. The van der Waals surface area contributed by atoms with Gasteiger partial charge in [-0.1, -0.05) is 11.6 Å². The van der Waals surface area contributed by atoms with Crippen molar-refractivity contribution >= 4 is 17.5 Å². The van der Waals surface area contributed by atoms with Crippen molar-refractivity contribution in [2.45, 2.75) is 38.8 Å². The minimum atomic E-state index is -3.19. The molecule has 6 nitrogen and oxygen atoms in total. The monoisotopic (exact) mass is 437 g/mol. The first kappa shape index (κ1) is 22.8. The fourth-order valence-electron chi connectivity index (χ4n) is 2.78. The molecule has 1 N–H and O–H groups in total. The first-order valence-corrected chi connectivity index (χ1v) is 8.86. The normalized spacial score (nSPS) is 13.5. The van der Waals surface area contributed by atoms with Gasteiger partial charge in [-0.15, -0.1) is 0 Å². The first-order valence-electron chi connectivity index (χ1n) is 8.48. The predicted octanol–water partition coefficient (Wildman–Crippen LogP) is 4.87. The number of ether oxygens (including phenoxy) is 2. The minimum Gasteiger partial charge on any atom is -0.497 e. The van der Waals surface area contributed by atoms with Gasteiger partial charge in [-0.3, -0.25) is 4.79 Å². The molecule has 2 aromatic rings. The second kappa shape index (κ2) is 9.34. The molecule has 2 atom stereocenters. The Balaban J connectivity index is 2.31. The molecule has 0 radical (unpaired) electrons. The van der Waals surface area contributed by atoms with Crippen LogP contribution in [-0.2, 0) is 4.79 Å². The van der Waals surface area contributed by atoms with Crippen molar-refractivity contribution in [1.29, 1.82) is 0 Å². The number of alkyl halides is 4. The summed E-state index contributed by atoms with van der Waals surface area (Å²) in [5.41, 5.74) is -1.35. The molecule has 0 saturated heterocycles. The van der Waals surface area contributed by atoms with E-state index in [1.807, 2.05) is 0 Å². The zero-order valence-corrected chi connectivity index (χ0v) is 16.8. The summed E-state index contributed by atoms with van der Waals surface area (Å²) in [5, 5.41) is 5.23. The largest absolute Gasteiger partial charge is 0.497 e. The number of hydrogen-bond donors (Lipinski definition) is 1. The summed E-state index contributed by atoms with van der Waals surface area (Å²) >= 11 is 5.64. The van der Waals surface area contributed by atoms with E-state index in [1.165, 1.54) is 21.1 Å². The molecular weight excluding hydrogens is 418 g/mol. The average Bonchev–Trinajstić information content (AvgIpc) is 3.04. The molecular formula is C18H20ClF4N3O3. The number of methoxy groups -OCH3 is 2. The molecule has 0 bridgehead atoms. The molecule has 0 saturated carbocycles. The highest BCUT2D eigenvalue weighted by Gasteiger charge is 2.32. The van der Waals surface area contributed by atoms with E-state index in [0.717, 1.165) is 0 Å². The van der Waals surface area contributed by atoms with Gasteiger partial charge in [0.2, 0.25) is 5.91 Å². The van der Waals surface area contributed by atoms with Crippen LogP contribution in [0, 0.1) is 0 Å². The lowest BCUT2D eigenvalue weighted by molar-refractivity contribution is -0.125. The van der Waals surface area contributed by atoms with Crippen LogP contribution in [0.1, 0.15) is 55.7 Å². The van der Waals surface area contributed by atoms with Gasteiger partial charge >= 0.3 is 0 Å². The Bertz CT molecular complexity index is 876. The molecule has 1 amide bonds. The molecule has 1 heterocycles. The van der Waals surface area contributed by atoms with Crippen LogP contribution in [0.25, 0.3) is 0 Å². The van der Waals surface area contributed by atoms with Gasteiger partial charge in [0.1, 0.15) is 28.9 Å². The maximum atomic E-state index is 13.3. The first-order chi connectivity index (χ1) is 13.6. The maximum absolute atomic E-state index is 13.3. The molecule has 11 heteroatoms. The number of hydrogen-bond acceptors (Lipinski definition) is 4. The van der Waals surface area contributed by atoms with Crippen LogP contribution in [0.2, 0.25) is 5.02 Å². The number of carbonyl (C=O) groups is 1. The summed E-state index contributed by atoms with van der Waals surface area (Å²) in [6, 6.07) is 3.05. The fourth-order valence-corrected chi connectivity index (χ4v) is 3.07. The second-order valence-corrected chi connectivity index (χ2v) is 6.52. The molecule has 1 aromatic heterocycles. The number of aromatic nitrogens is 2. The van der Waals surface area contributed by atoms with Crippen LogP contribution in [-0.4, -0.2) is 29.9 Å². The van der Waals surface area contributed by atoms with E-state index in [9.17, 15) is 22.4 Å². The lowest BCUT2D eigenvalue weighted by Gasteiger charge is -2.21. The summed E-state index contributed by atoms with van der Waals surface area (Å²) in [6.45, 7) is 2.91. The molecule has 160 valence electrons. The van der Waals surface area contributed by atoms with E-state index < -0.39 is 47.3 Å². The molecule has 0 aliphatic heterocycles. The lowest BCUT2D eigenvalue weighted by Crippen LogP contribution is -2.34. The molecule has 0 aliphatic rings. The van der Waals surface area contributed by atoms with Gasteiger partial charge in [0.15, 0.2) is 0 Å². The van der Waals surface area contributed by atoms with Gasteiger partial charge in [0.25, 0.3) is 12.9 Å². The van der Waals surface area contributed by atoms with Crippen LogP contribution < -0.4 is 14.8 Å². The Morgan fingerprint density at radius 2 is 1.79 bits per heavy atom. The van der Waals surface area contributed by atoms with Gasteiger partial charge in [-0.05, 0) is 32.0 Å². The number of rotatable bonds is 8. The van der Waals surface area contributed by atoms with Crippen molar-refractivity contribution in [2.24, 2.45) is 0 Å². The smallest absolute Gasteiger partial charge is 0.283 e. The summed E-state index contributed by atoms with van der Waals surface area (Å²) in [4.78, 5) is 12.6. The van der Waals surface area contributed by atoms with Gasteiger partial charge < -0.3 is 14.8 Å². The average molecular weight is 438 g/mol. The third-order valence-corrected chi connectivity index (χ3v) is 4.72. The van der Waals surface area contributed by atoms with E-state index in [0.29, 0.717) is 21.7 Å². The zero-order chi connectivity index (χ0) is 21.9. The van der Waals surface area contributed by atoms with Gasteiger partial charge in [0, 0.05) is 5.56 Å². The van der Waals surface area contributed by atoms with E-state index in [4.69, 9.17) is 21.1 Å². The summed E-state index contributed by atoms with van der Waals surface area (Å²) in [7, 11) is 2.93. The third kappa shape index (κ3) is 4.75. The van der Waals surface area contributed by atoms with Crippen molar-refractivity contribution in [3.05, 3.63) is 40.2 Å². The van der Waals surface area contributed by atoms with Crippen LogP contribution in [0.15, 0.2) is 18.2 Å². The van der Waals surface area contributed by atoms with Crippen molar-refractivity contribution in [3.63, 3.8) is 0 Å². The molecule has 0 aliphatic carbocycles. The minimum absolute atomic E-state index is 0.474. The van der Waals surface area contributed by atoms with E-state index in [2.05, 4.69) is 10.4 Å². The molecule has 1 aromatic carbocycles. The highest BCUT2D eigenvalue weighted by Crippen LogP contribution is 2.36. The van der Waals surface area contributed by atoms with Gasteiger partial charge in [-0.25, -0.2) is 22.2 Å². The second-order valence-electron chi connectivity index (χ2n) is 6.14. The molecule has 0 fully saturated rings. The van der Waals surface area contributed by atoms with Crippen molar-refractivity contribution < 1.29 is 31.8 Å². The van der Waals surface area contributed by atoms with Gasteiger partial charge in [-0.2, -0.15) is 5.10 Å². The standard InChI is InChI=1S/C18H20ClF4N3O3/c1-8(11-7-10(28-3)5-6-12(11)29-4)24-18(27)9(2)26-15(17(22)23)13(19)14(25-26)16(20)21/h5-9,16-17H,1-4H3,(H,24,27). The lowest BCUT2D eigenvalue weighted by atomic mass is 10.1. The van der Waals surface area contributed by atoms with E-state index in [1.54, 1.807) is 25.1 Å². The number of halogens is 5. The highest BCUT2D eigenvalue weighted by molar-refractivity contribution is 6.32. The van der Waals surface area contributed by atoms with Crippen LogP contribution in [0.3, 0.4) is 0 Å². The number of amides is 1. The Kier molecular flexibility index (Phi) is 7.34. The summed E-state index contributed by atoms with van der Waals surface area (Å²) < 4.78 is 63.6. The SMILES string of the molecule is COc1ccc(OC)c(C(C)NC(=O)C(C)n2nc(C(F)F)c(Cl)c2C(F)F)c1. The van der Waals surface area contributed by atoms with Crippen molar-refractivity contribution in [1.82, 2.24) is 15.1 Å². The van der Waals surface area contributed by atoms with Crippen LogP contribution >= 0.6 is 11.6 Å². The summed E-state index contributed by atoms with van der Waals surface area (Å²) in [5.74, 6) is 0.279. The van der Waals surface area contributed by atoms with Crippen LogP contribution in [0.5, 0.6) is 11.5 Å². The number of nitrogens with zero attached hydrogens (tertiary/aromatic N) is 2. The predicted molar refractivity (Wildman–Crippen MR) is 98.0 cm³/mol. The zero-order valence-electron chi connectivity index (χ0n) is 16.1. The van der Waals surface area contributed by atoms with Crippen molar-refractivity contribution in [3.8, 4) is 11.5 Å².